The van der Waals surface area contributed by atoms with E-state index in [1.54, 1.807) is 41.8 Å². The number of carbonyl (C=O) groups is 3. The number of fused-ring (bicyclic) bond motifs is 1. The fraction of sp³-hybridized carbons (Fsp3) is 0.350. The quantitative estimate of drug-likeness (QED) is 0.468. The zero-order valence-corrected chi connectivity index (χ0v) is 15.2. The van der Waals surface area contributed by atoms with E-state index < -0.39 is 5.97 Å². The van der Waals surface area contributed by atoms with Crippen LogP contribution in [-0.2, 0) is 9.59 Å². The van der Waals surface area contributed by atoms with E-state index in [-0.39, 0.29) is 29.4 Å². The van der Waals surface area contributed by atoms with Gasteiger partial charge in [-0.15, -0.1) is 11.3 Å². The number of para-hydroxylation sites is 2. The number of carbonyl (C=O) groups excluding carboxylic acids is 3. The Morgan fingerprint density at radius 1 is 1.08 bits per heavy atom. The van der Waals surface area contributed by atoms with Crippen LogP contribution < -0.4 is 9.64 Å². The summed E-state index contributed by atoms with van der Waals surface area (Å²) in [4.78, 5) is 39.8. The molecule has 26 heavy (non-hydrogen) atoms. The van der Waals surface area contributed by atoms with Crippen LogP contribution in [0.4, 0.5) is 5.69 Å². The topological polar surface area (TPSA) is 63.7 Å². The Bertz CT molecular complexity index is 860. The molecule has 0 radical (unpaired) electrons. The van der Waals surface area contributed by atoms with E-state index in [0.29, 0.717) is 16.5 Å². The van der Waals surface area contributed by atoms with E-state index in [1.165, 1.54) is 16.2 Å². The molecule has 5 nitrogen and oxygen atoms in total. The molecule has 2 aliphatic rings. The van der Waals surface area contributed by atoms with Crippen molar-refractivity contribution in [2.24, 2.45) is 17.8 Å². The number of rotatable bonds is 3. The van der Waals surface area contributed by atoms with E-state index in [1.807, 2.05) is 0 Å². The number of hydrogen-bond donors (Lipinski definition) is 0. The molecule has 1 aromatic heterocycles. The van der Waals surface area contributed by atoms with Gasteiger partial charge >= 0.3 is 5.97 Å². The second kappa shape index (κ2) is 6.68. The maximum atomic E-state index is 12.9. The van der Waals surface area contributed by atoms with Gasteiger partial charge in [0.05, 0.1) is 17.5 Å². The third kappa shape index (κ3) is 2.84. The molecule has 2 fully saturated rings. The molecule has 1 saturated carbocycles. The van der Waals surface area contributed by atoms with E-state index >= 15 is 0 Å². The van der Waals surface area contributed by atoms with Crippen molar-refractivity contribution in [3.05, 3.63) is 46.7 Å². The van der Waals surface area contributed by atoms with Crippen LogP contribution in [0.25, 0.3) is 0 Å². The summed E-state index contributed by atoms with van der Waals surface area (Å²) in [7, 11) is 0. The molecule has 6 heteroatoms. The van der Waals surface area contributed by atoms with Crippen molar-refractivity contribution in [1.82, 2.24) is 0 Å². The van der Waals surface area contributed by atoms with Gasteiger partial charge in [-0.2, -0.15) is 0 Å². The molecule has 134 valence electrons. The largest absolute Gasteiger partial charge is 0.420 e. The van der Waals surface area contributed by atoms with Gasteiger partial charge in [0.25, 0.3) is 0 Å². The van der Waals surface area contributed by atoms with Crippen molar-refractivity contribution in [2.75, 3.05) is 4.90 Å². The molecular weight excluding hydrogens is 350 g/mol. The molecule has 1 saturated heterocycles. The molecule has 2 aromatic rings. The molecule has 0 unspecified atom stereocenters. The molecule has 0 bridgehead atoms. The van der Waals surface area contributed by atoms with Crippen LogP contribution in [-0.4, -0.2) is 17.8 Å². The SMILES string of the molecule is C[C@@H]1CC[C@@H]2C(=O)N(c3ccccc3OC(=O)c3cccs3)C(=O)[C@H]2C1. The van der Waals surface area contributed by atoms with Crippen LogP contribution in [0, 0.1) is 17.8 Å². The first-order valence-electron chi connectivity index (χ1n) is 8.78. The van der Waals surface area contributed by atoms with Gasteiger partial charge in [0.2, 0.25) is 11.8 Å². The monoisotopic (exact) mass is 369 g/mol. The summed E-state index contributed by atoms with van der Waals surface area (Å²) in [6.07, 6.45) is 2.44. The Kier molecular flexibility index (Phi) is 4.36. The van der Waals surface area contributed by atoms with Crippen molar-refractivity contribution >= 4 is 34.8 Å². The molecule has 2 amide bonds. The molecule has 0 spiro atoms. The zero-order valence-electron chi connectivity index (χ0n) is 14.4. The number of ether oxygens (including phenoxy) is 1. The fourth-order valence-corrected chi connectivity index (χ4v) is 4.50. The average Bonchev–Trinajstić information content (AvgIpc) is 3.24. The summed E-state index contributed by atoms with van der Waals surface area (Å²) >= 11 is 1.28. The number of benzene rings is 1. The summed E-state index contributed by atoms with van der Waals surface area (Å²) in [5, 5.41) is 1.79. The molecule has 0 N–H and O–H groups in total. The molecule has 1 aliphatic carbocycles. The Labute approximate surface area is 155 Å². The van der Waals surface area contributed by atoms with Crippen molar-refractivity contribution in [1.29, 1.82) is 0 Å². The number of hydrogen-bond acceptors (Lipinski definition) is 5. The maximum Gasteiger partial charge on any atom is 0.353 e. The van der Waals surface area contributed by atoms with E-state index in [9.17, 15) is 14.4 Å². The van der Waals surface area contributed by atoms with Gasteiger partial charge < -0.3 is 4.74 Å². The Morgan fingerprint density at radius 3 is 2.62 bits per heavy atom. The van der Waals surface area contributed by atoms with Crippen molar-refractivity contribution in [2.45, 2.75) is 26.2 Å². The van der Waals surface area contributed by atoms with E-state index in [2.05, 4.69) is 6.92 Å². The van der Waals surface area contributed by atoms with Gasteiger partial charge in [0.1, 0.15) is 4.88 Å². The lowest BCUT2D eigenvalue weighted by Gasteiger charge is -2.25. The highest BCUT2D eigenvalue weighted by Gasteiger charge is 2.50. The maximum absolute atomic E-state index is 12.9. The average molecular weight is 369 g/mol. The minimum Gasteiger partial charge on any atom is -0.420 e. The lowest BCUT2D eigenvalue weighted by Crippen LogP contribution is -2.31. The number of nitrogens with zero attached hydrogens (tertiary/aromatic N) is 1. The number of amides is 2. The first-order chi connectivity index (χ1) is 12.6. The second-order valence-corrected chi connectivity index (χ2v) is 7.93. The van der Waals surface area contributed by atoms with Crippen molar-refractivity contribution in [3.63, 3.8) is 0 Å². The van der Waals surface area contributed by atoms with Crippen LogP contribution >= 0.6 is 11.3 Å². The zero-order chi connectivity index (χ0) is 18.3. The van der Waals surface area contributed by atoms with Crippen LogP contribution in [0.15, 0.2) is 41.8 Å². The van der Waals surface area contributed by atoms with Gasteiger partial charge in [-0.3, -0.25) is 9.59 Å². The van der Waals surface area contributed by atoms with E-state index in [4.69, 9.17) is 4.74 Å². The van der Waals surface area contributed by atoms with Gasteiger partial charge in [-0.05, 0) is 48.8 Å². The third-order valence-electron chi connectivity index (χ3n) is 5.22. The molecule has 1 aromatic carbocycles. The Morgan fingerprint density at radius 2 is 1.85 bits per heavy atom. The number of imide groups is 1. The van der Waals surface area contributed by atoms with Crippen molar-refractivity contribution < 1.29 is 19.1 Å². The highest BCUT2D eigenvalue weighted by molar-refractivity contribution is 7.12. The number of thiophene rings is 1. The number of esters is 1. The lowest BCUT2D eigenvalue weighted by atomic mass is 9.76. The summed E-state index contributed by atoms with van der Waals surface area (Å²) < 4.78 is 5.50. The third-order valence-corrected chi connectivity index (χ3v) is 6.07. The normalized spacial score (nSPS) is 25.3. The Balaban J connectivity index is 1.65. The lowest BCUT2D eigenvalue weighted by molar-refractivity contribution is -0.122. The number of anilines is 1. The van der Waals surface area contributed by atoms with Gasteiger partial charge in [0, 0.05) is 0 Å². The van der Waals surface area contributed by atoms with Gasteiger partial charge in [-0.1, -0.05) is 25.1 Å². The predicted molar refractivity (Wildman–Crippen MR) is 98.2 cm³/mol. The van der Waals surface area contributed by atoms with Crippen LogP contribution in [0.3, 0.4) is 0 Å². The van der Waals surface area contributed by atoms with Crippen molar-refractivity contribution in [3.8, 4) is 5.75 Å². The fourth-order valence-electron chi connectivity index (χ4n) is 3.90. The highest BCUT2D eigenvalue weighted by atomic mass is 32.1. The molecule has 1 aliphatic heterocycles. The highest BCUT2D eigenvalue weighted by Crippen LogP contribution is 2.44. The predicted octanol–water partition coefficient (Wildman–Crippen LogP) is 3.89. The summed E-state index contributed by atoms with van der Waals surface area (Å²) in [5.41, 5.74) is 0.356. The van der Waals surface area contributed by atoms with Gasteiger partial charge in [0.15, 0.2) is 5.75 Å². The summed E-state index contributed by atoms with van der Waals surface area (Å²) in [5.74, 6) is -0.665. The first kappa shape index (κ1) is 17.0. The summed E-state index contributed by atoms with van der Waals surface area (Å²) in [6.45, 7) is 2.12. The molecular formula is C20H19NO4S. The van der Waals surface area contributed by atoms with Crippen LogP contribution in [0.5, 0.6) is 5.75 Å². The summed E-state index contributed by atoms with van der Waals surface area (Å²) in [6, 6.07) is 10.2. The first-order valence-corrected chi connectivity index (χ1v) is 9.66. The minimum absolute atomic E-state index is 0.175. The van der Waals surface area contributed by atoms with Crippen LogP contribution in [0.2, 0.25) is 0 Å². The standard InChI is InChI=1S/C20H19NO4S/c1-12-8-9-13-14(11-12)19(23)21(18(13)22)15-5-2-3-6-16(15)25-20(24)17-7-4-10-26-17/h2-7,10,12-14H,8-9,11H2,1H3/t12-,13+,14+/m1/s1. The molecule has 4 rings (SSSR count). The molecule has 3 atom stereocenters. The second-order valence-electron chi connectivity index (χ2n) is 6.98. The van der Waals surface area contributed by atoms with E-state index in [0.717, 1.165) is 19.3 Å². The minimum atomic E-state index is -0.488. The molecule has 2 heterocycles. The smallest absolute Gasteiger partial charge is 0.353 e. The van der Waals surface area contributed by atoms with Gasteiger partial charge in [-0.25, -0.2) is 9.69 Å². The Hall–Kier alpha value is -2.47. The van der Waals surface area contributed by atoms with Crippen LogP contribution in [0.1, 0.15) is 35.9 Å².